The second-order valence-corrected chi connectivity index (χ2v) is 6.18. The molecule has 1 aliphatic heterocycles. The summed E-state index contributed by atoms with van der Waals surface area (Å²) in [5.41, 5.74) is 0.0614. The molecule has 1 saturated heterocycles. The van der Waals surface area contributed by atoms with Gasteiger partial charge >= 0.3 is 5.69 Å². The van der Waals surface area contributed by atoms with Gasteiger partial charge in [-0.2, -0.15) is 5.10 Å². The molecule has 1 aromatic heterocycles. The molecule has 0 atom stereocenters. The number of hydrogen-bond donors (Lipinski definition) is 0. The number of likely N-dealkylation sites (tertiary alicyclic amines) is 1. The van der Waals surface area contributed by atoms with E-state index in [9.17, 15) is 4.79 Å². The molecule has 118 valence electrons. The second kappa shape index (κ2) is 6.32. The van der Waals surface area contributed by atoms with Crippen LogP contribution in [0.4, 0.5) is 0 Å². The van der Waals surface area contributed by atoms with Gasteiger partial charge in [0, 0.05) is 32.2 Å². The van der Waals surface area contributed by atoms with Crippen LogP contribution in [0.1, 0.15) is 50.4 Å². The fourth-order valence-electron chi connectivity index (χ4n) is 3.21. The van der Waals surface area contributed by atoms with Gasteiger partial charge in [-0.1, -0.05) is 0 Å². The molecular formula is C15H26N4O2. The third-order valence-corrected chi connectivity index (χ3v) is 4.60. The molecule has 1 saturated carbocycles. The number of rotatable bonds is 6. The Bertz CT molecular complexity index is 524. The van der Waals surface area contributed by atoms with Crippen molar-refractivity contribution in [2.45, 2.75) is 44.6 Å². The summed E-state index contributed by atoms with van der Waals surface area (Å²) in [6, 6.07) is 0.414. The summed E-state index contributed by atoms with van der Waals surface area (Å²) in [7, 11) is 1.77. The first-order valence-electron chi connectivity index (χ1n) is 8.16. The van der Waals surface area contributed by atoms with Crippen molar-refractivity contribution in [3.8, 4) is 0 Å². The Kier molecular flexibility index (Phi) is 4.45. The van der Waals surface area contributed by atoms with Gasteiger partial charge in [0.1, 0.15) is 5.82 Å². The van der Waals surface area contributed by atoms with Crippen LogP contribution in [0.15, 0.2) is 4.79 Å². The molecule has 1 aromatic rings. The van der Waals surface area contributed by atoms with E-state index in [0.717, 1.165) is 64.4 Å². The maximum atomic E-state index is 12.2. The molecule has 0 bridgehead atoms. The fourth-order valence-corrected chi connectivity index (χ4v) is 3.21. The minimum Gasteiger partial charge on any atom is -0.380 e. The quantitative estimate of drug-likeness (QED) is 0.738. The molecule has 0 spiro atoms. The molecule has 2 heterocycles. The first-order chi connectivity index (χ1) is 10.2. The highest BCUT2D eigenvalue weighted by Crippen LogP contribution is 2.37. The Morgan fingerprint density at radius 1 is 1.24 bits per heavy atom. The number of hydrogen-bond acceptors (Lipinski definition) is 4. The topological polar surface area (TPSA) is 52.3 Å². The van der Waals surface area contributed by atoms with Gasteiger partial charge in [-0.3, -0.25) is 4.57 Å². The number of aromatic nitrogens is 3. The highest BCUT2D eigenvalue weighted by molar-refractivity contribution is 5.04. The zero-order valence-corrected chi connectivity index (χ0v) is 13.1. The average Bonchev–Trinajstić information content (AvgIpc) is 3.28. The van der Waals surface area contributed by atoms with Crippen molar-refractivity contribution in [2.75, 3.05) is 32.8 Å². The third kappa shape index (κ3) is 3.21. The van der Waals surface area contributed by atoms with Gasteiger partial charge in [0.2, 0.25) is 0 Å². The van der Waals surface area contributed by atoms with Crippen molar-refractivity contribution in [3.63, 3.8) is 0 Å². The van der Waals surface area contributed by atoms with Gasteiger partial charge in [0.05, 0.1) is 6.61 Å². The number of piperidine rings is 1. The van der Waals surface area contributed by atoms with E-state index in [1.165, 1.54) is 4.68 Å². The molecule has 1 aliphatic carbocycles. The summed E-state index contributed by atoms with van der Waals surface area (Å²) in [5, 5.41) is 4.52. The van der Waals surface area contributed by atoms with E-state index < -0.39 is 0 Å². The Labute approximate surface area is 125 Å². The Morgan fingerprint density at radius 2 is 1.95 bits per heavy atom. The van der Waals surface area contributed by atoms with Crippen molar-refractivity contribution < 1.29 is 4.74 Å². The molecule has 21 heavy (non-hydrogen) atoms. The van der Waals surface area contributed by atoms with E-state index in [1.807, 2.05) is 11.5 Å². The number of nitrogens with zero attached hydrogens (tertiary/aromatic N) is 4. The summed E-state index contributed by atoms with van der Waals surface area (Å²) >= 11 is 0. The lowest BCUT2D eigenvalue weighted by atomic mass is 9.96. The lowest BCUT2D eigenvalue weighted by Crippen LogP contribution is -2.36. The van der Waals surface area contributed by atoms with Crippen LogP contribution in [-0.2, 0) is 11.8 Å². The van der Waals surface area contributed by atoms with E-state index in [1.54, 1.807) is 7.05 Å². The summed E-state index contributed by atoms with van der Waals surface area (Å²) in [6.45, 7) is 6.80. The van der Waals surface area contributed by atoms with Crippen molar-refractivity contribution >= 4 is 0 Å². The number of aryl methyl sites for hydroxylation is 1. The highest BCUT2D eigenvalue weighted by Gasteiger charge is 2.33. The summed E-state index contributed by atoms with van der Waals surface area (Å²) < 4.78 is 8.89. The van der Waals surface area contributed by atoms with Crippen molar-refractivity contribution in [1.82, 2.24) is 19.2 Å². The van der Waals surface area contributed by atoms with Crippen LogP contribution in [0.25, 0.3) is 0 Å². The van der Waals surface area contributed by atoms with E-state index in [2.05, 4.69) is 10.00 Å². The van der Waals surface area contributed by atoms with E-state index in [-0.39, 0.29) is 5.69 Å². The van der Waals surface area contributed by atoms with Gasteiger partial charge < -0.3 is 9.64 Å². The van der Waals surface area contributed by atoms with Crippen molar-refractivity contribution in [2.24, 2.45) is 7.05 Å². The maximum absolute atomic E-state index is 12.2. The predicted molar refractivity (Wildman–Crippen MR) is 80.6 cm³/mol. The van der Waals surface area contributed by atoms with E-state index >= 15 is 0 Å². The Morgan fingerprint density at radius 3 is 2.57 bits per heavy atom. The largest absolute Gasteiger partial charge is 0.380 e. The molecule has 0 N–H and O–H groups in total. The monoisotopic (exact) mass is 294 g/mol. The molecule has 0 amide bonds. The van der Waals surface area contributed by atoms with E-state index in [0.29, 0.717) is 12.0 Å². The zero-order chi connectivity index (χ0) is 14.8. The van der Waals surface area contributed by atoms with Crippen molar-refractivity contribution in [3.05, 3.63) is 16.3 Å². The van der Waals surface area contributed by atoms with Gasteiger partial charge in [0.25, 0.3) is 0 Å². The van der Waals surface area contributed by atoms with Crippen LogP contribution >= 0.6 is 0 Å². The minimum absolute atomic E-state index is 0.0614. The first kappa shape index (κ1) is 14.8. The third-order valence-electron chi connectivity index (χ3n) is 4.60. The average molecular weight is 294 g/mol. The predicted octanol–water partition coefficient (Wildman–Crippen LogP) is 1.13. The Hall–Kier alpha value is -1.14. The molecule has 2 fully saturated rings. The lowest BCUT2D eigenvalue weighted by molar-refractivity contribution is 0.101. The van der Waals surface area contributed by atoms with Crippen LogP contribution in [-0.4, -0.2) is 52.1 Å². The summed E-state index contributed by atoms with van der Waals surface area (Å²) in [5.74, 6) is 1.46. The smallest absolute Gasteiger partial charge is 0.345 e. The van der Waals surface area contributed by atoms with Gasteiger partial charge in [-0.15, -0.1) is 0 Å². The van der Waals surface area contributed by atoms with Crippen molar-refractivity contribution in [1.29, 1.82) is 0 Å². The molecule has 0 radical (unpaired) electrons. The van der Waals surface area contributed by atoms with Crippen LogP contribution < -0.4 is 5.69 Å². The van der Waals surface area contributed by atoms with Crippen LogP contribution in [0.3, 0.4) is 0 Å². The second-order valence-electron chi connectivity index (χ2n) is 6.18. The molecular weight excluding hydrogens is 268 g/mol. The molecule has 3 rings (SSSR count). The van der Waals surface area contributed by atoms with Gasteiger partial charge in [-0.25, -0.2) is 9.48 Å². The maximum Gasteiger partial charge on any atom is 0.345 e. The molecule has 0 unspecified atom stereocenters. The molecule has 6 heteroatoms. The highest BCUT2D eigenvalue weighted by atomic mass is 16.5. The van der Waals surface area contributed by atoms with Gasteiger partial charge in [-0.05, 0) is 45.7 Å². The van der Waals surface area contributed by atoms with Crippen LogP contribution in [0.2, 0.25) is 0 Å². The molecule has 0 aromatic carbocycles. The zero-order valence-electron chi connectivity index (χ0n) is 13.1. The standard InChI is InChI=1S/C15H26N4O2/c1-3-21-11-10-18-8-6-12(7-9-18)14-16-17(2)15(20)19(14)13-4-5-13/h12-13H,3-11H2,1-2H3. The summed E-state index contributed by atoms with van der Waals surface area (Å²) in [4.78, 5) is 14.6. The molecule has 2 aliphatic rings. The van der Waals surface area contributed by atoms with Crippen LogP contribution in [0.5, 0.6) is 0 Å². The lowest BCUT2D eigenvalue weighted by Gasteiger charge is -2.31. The SMILES string of the molecule is CCOCCN1CCC(c2nn(C)c(=O)n2C2CC2)CC1. The molecule has 6 nitrogen and oxygen atoms in total. The minimum atomic E-state index is 0.0614. The normalized spacial score (nSPS) is 21.0. The Balaban J connectivity index is 1.62. The number of ether oxygens (including phenoxy) is 1. The van der Waals surface area contributed by atoms with Gasteiger partial charge in [0.15, 0.2) is 0 Å². The van der Waals surface area contributed by atoms with Crippen LogP contribution in [0, 0.1) is 0 Å². The van der Waals surface area contributed by atoms with E-state index in [4.69, 9.17) is 4.74 Å². The summed E-state index contributed by atoms with van der Waals surface area (Å²) in [6.07, 6.45) is 4.45. The fraction of sp³-hybridized carbons (Fsp3) is 0.867. The first-order valence-corrected chi connectivity index (χ1v) is 8.16.